The van der Waals surface area contributed by atoms with Crippen LogP contribution in [0.15, 0.2) is 18.2 Å². The second-order valence-electron chi connectivity index (χ2n) is 5.99. The summed E-state index contributed by atoms with van der Waals surface area (Å²) in [5, 5.41) is 4.40. The minimum atomic E-state index is 0.143. The maximum atomic E-state index is 6.30. The van der Waals surface area contributed by atoms with Gasteiger partial charge in [0.15, 0.2) is 5.75 Å². The summed E-state index contributed by atoms with van der Waals surface area (Å²) in [4.78, 5) is 4.47. The summed E-state index contributed by atoms with van der Waals surface area (Å²) in [7, 11) is 3.26. The molecular weight excluding hydrogens is 375 g/mol. The van der Waals surface area contributed by atoms with E-state index >= 15 is 0 Å². The number of ether oxygens (including phenoxy) is 3. The minimum Gasteiger partial charge on any atom is -0.490 e. The fourth-order valence-corrected chi connectivity index (χ4v) is 3.24. The quantitative estimate of drug-likeness (QED) is 0.622. The Morgan fingerprint density at radius 2 is 1.85 bits per heavy atom. The van der Waals surface area contributed by atoms with E-state index in [0.29, 0.717) is 34.0 Å². The van der Waals surface area contributed by atoms with Crippen LogP contribution in [0, 0.1) is 13.8 Å². The van der Waals surface area contributed by atoms with Crippen LogP contribution in [0.4, 0.5) is 5.69 Å². The zero-order valence-corrected chi connectivity index (χ0v) is 17.2. The number of aryl methyl sites for hydroxylation is 2. The molecule has 0 aliphatic rings. The summed E-state index contributed by atoms with van der Waals surface area (Å²) in [6.07, 6.45) is 0.899. The van der Waals surface area contributed by atoms with Crippen LogP contribution in [0.25, 0.3) is 0 Å². The molecule has 1 unspecified atom stereocenters. The van der Waals surface area contributed by atoms with Crippen molar-refractivity contribution >= 4 is 28.9 Å². The Hall–Kier alpha value is -1.69. The van der Waals surface area contributed by atoms with Gasteiger partial charge in [-0.2, -0.15) is 0 Å². The number of hydrogen-bond acceptors (Lipinski definition) is 5. The average molecular weight is 399 g/mol. The molecule has 1 aromatic heterocycles. The molecular formula is C19H24Cl2N2O3. The number of hydrogen-bond donors (Lipinski definition) is 1. The fraction of sp³-hybridized carbons (Fsp3) is 0.421. The van der Waals surface area contributed by atoms with Crippen molar-refractivity contribution in [3.8, 4) is 17.4 Å². The van der Waals surface area contributed by atoms with Crippen molar-refractivity contribution in [3.05, 3.63) is 39.5 Å². The first-order chi connectivity index (χ1) is 12.4. The highest BCUT2D eigenvalue weighted by Crippen LogP contribution is 2.41. The van der Waals surface area contributed by atoms with Gasteiger partial charge in [-0.05, 0) is 44.0 Å². The first-order valence-corrected chi connectivity index (χ1v) is 9.09. The Morgan fingerprint density at radius 1 is 1.12 bits per heavy atom. The van der Waals surface area contributed by atoms with E-state index in [0.717, 1.165) is 23.4 Å². The molecule has 1 atom stereocenters. The van der Waals surface area contributed by atoms with Crippen LogP contribution < -0.4 is 14.8 Å². The molecule has 0 saturated carbocycles. The van der Waals surface area contributed by atoms with E-state index in [9.17, 15) is 0 Å². The number of benzene rings is 1. The second-order valence-corrected chi connectivity index (χ2v) is 6.83. The number of anilines is 1. The van der Waals surface area contributed by atoms with E-state index in [4.69, 9.17) is 37.4 Å². The van der Waals surface area contributed by atoms with Crippen molar-refractivity contribution in [2.45, 2.75) is 33.2 Å². The van der Waals surface area contributed by atoms with Gasteiger partial charge in [-0.3, -0.25) is 0 Å². The monoisotopic (exact) mass is 398 g/mol. The number of aromatic nitrogens is 1. The Morgan fingerprint density at radius 3 is 2.42 bits per heavy atom. The van der Waals surface area contributed by atoms with Crippen LogP contribution in [0.2, 0.25) is 10.0 Å². The van der Waals surface area contributed by atoms with Crippen LogP contribution in [0.3, 0.4) is 0 Å². The first-order valence-electron chi connectivity index (χ1n) is 8.34. The largest absolute Gasteiger partial charge is 0.490 e. The zero-order chi connectivity index (χ0) is 19.3. The molecule has 0 radical (unpaired) electrons. The molecule has 7 heteroatoms. The summed E-state index contributed by atoms with van der Waals surface area (Å²) >= 11 is 12.3. The Labute approximate surface area is 164 Å². The standard InChI is InChI=1S/C19H24Cl2N2O3/c1-6-14(10-24-4)23-16-8-12(3)22-19(18(16)25-5)26-17-11(2)7-13(20)9-15(17)21/h7-9,14H,6,10H2,1-5H3,(H,22,23). The van der Waals surface area contributed by atoms with Gasteiger partial charge in [0.1, 0.15) is 0 Å². The molecule has 1 aromatic carbocycles. The third-order valence-electron chi connectivity index (χ3n) is 3.89. The molecule has 0 aliphatic heterocycles. The van der Waals surface area contributed by atoms with Crippen LogP contribution in [0.1, 0.15) is 24.6 Å². The normalized spacial score (nSPS) is 12.0. The minimum absolute atomic E-state index is 0.143. The van der Waals surface area contributed by atoms with Crippen molar-refractivity contribution in [1.82, 2.24) is 4.98 Å². The first kappa shape index (κ1) is 20.6. The van der Waals surface area contributed by atoms with E-state index in [-0.39, 0.29) is 6.04 Å². The molecule has 0 spiro atoms. The average Bonchev–Trinajstić information content (AvgIpc) is 2.57. The third-order valence-corrected chi connectivity index (χ3v) is 4.39. The number of rotatable bonds is 8. The van der Waals surface area contributed by atoms with E-state index < -0.39 is 0 Å². The van der Waals surface area contributed by atoms with Crippen molar-refractivity contribution in [2.75, 3.05) is 26.1 Å². The van der Waals surface area contributed by atoms with Crippen LogP contribution >= 0.6 is 23.2 Å². The highest BCUT2D eigenvalue weighted by molar-refractivity contribution is 6.35. The van der Waals surface area contributed by atoms with Crippen LogP contribution in [-0.4, -0.2) is 31.9 Å². The van der Waals surface area contributed by atoms with E-state index in [1.807, 2.05) is 19.9 Å². The molecule has 0 fully saturated rings. The topological polar surface area (TPSA) is 52.6 Å². The van der Waals surface area contributed by atoms with Gasteiger partial charge >= 0.3 is 0 Å². The van der Waals surface area contributed by atoms with Gasteiger partial charge in [0.2, 0.25) is 5.75 Å². The van der Waals surface area contributed by atoms with Crippen LogP contribution in [0.5, 0.6) is 17.4 Å². The molecule has 0 saturated heterocycles. The van der Waals surface area contributed by atoms with E-state index in [1.165, 1.54) is 0 Å². The van der Waals surface area contributed by atoms with Gasteiger partial charge in [0.05, 0.1) is 24.4 Å². The van der Waals surface area contributed by atoms with Crippen molar-refractivity contribution < 1.29 is 14.2 Å². The molecule has 0 aliphatic carbocycles. The molecule has 0 amide bonds. The van der Waals surface area contributed by atoms with E-state index in [2.05, 4.69) is 17.2 Å². The zero-order valence-electron chi connectivity index (χ0n) is 15.7. The number of pyridine rings is 1. The summed E-state index contributed by atoms with van der Waals surface area (Å²) < 4.78 is 16.8. The Balaban J connectivity index is 2.43. The van der Waals surface area contributed by atoms with Crippen molar-refractivity contribution in [3.63, 3.8) is 0 Å². The molecule has 5 nitrogen and oxygen atoms in total. The fourth-order valence-electron chi connectivity index (χ4n) is 2.60. The molecule has 0 bridgehead atoms. The van der Waals surface area contributed by atoms with Gasteiger partial charge in [-0.1, -0.05) is 30.1 Å². The van der Waals surface area contributed by atoms with E-state index in [1.54, 1.807) is 26.4 Å². The lowest BCUT2D eigenvalue weighted by Gasteiger charge is -2.21. The number of nitrogens with one attached hydrogen (secondary N) is 1. The lowest BCUT2D eigenvalue weighted by atomic mass is 10.2. The SMILES string of the molecule is CCC(COC)Nc1cc(C)nc(Oc2c(C)cc(Cl)cc2Cl)c1OC. The maximum absolute atomic E-state index is 6.30. The number of methoxy groups -OCH3 is 2. The van der Waals surface area contributed by atoms with Gasteiger partial charge in [0, 0.05) is 23.9 Å². The van der Waals surface area contributed by atoms with Crippen molar-refractivity contribution in [2.24, 2.45) is 0 Å². The highest BCUT2D eigenvalue weighted by atomic mass is 35.5. The molecule has 1 N–H and O–H groups in total. The lowest BCUT2D eigenvalue weighted by Crippen LogP contribution is -2.24. The smallest absolute Gasteiger partial charge is 0.265 e. The summed E-state index contributed by atoms with van der Waals surface area (Å²) in [5.41, 5.74) is 2.40. The molecule has 2 rings (SSSR count). The van der Waals surface area contributed by atoms with Crippen molar-refractivity contribution in [1.29, 1.82) is 0 Å². The Bertz CT molecular complexity index is 746. The second kappa shape index (κ2) is 9.31. The summed E-state index contributed by atoms with van der Waals surface area (Å²) in [6, 6.07) is 5.49. The van der Waals surface area contributed by atoms with Gasteiger partial charge in [0.25, 0.3) is 5.88 Å². The van der Waals surface area contributed by atoms with Gasteiger partial charge in [-0.15, -0.1) is 0 Å². The molecule has 1 heterocycles. The summed E-state index contributed by atoms with van der Waals surface area (Å²) in [6.45, 7) is 6.44. The highest BCUT2D eigenvalue weighted by Gasteiger charge is 2.19. The predicted octanol–water partition coefficient (Wildman–Crippen LogP) is 5.64. The maximum Gasteiger partial charge on any atom is 0.265 e. The molecule has 2 aromatic rings. The third kappa shape index (κ3) is 4.93. The molecule has 142 valence electrons. The lowest BCUT2D eigenvalue weighted by molar-refractivity contribution is 0.184. The van der Waals surface area contributed by atoms with Gasteiger partial charge in [-0.25, -0.2) is 4.98 Å². The predicted molar refractivity (Wildman–Crippen MR) is 106 cm³/mol. The number of halogens is 2. The number of nitrogens with zero attached hydrogens (tertiary/aromatic N) is 1. The Kier molecular flexibility index (Phi) is 7.38. The van der Waals surface area contributed by atoms with Crippen LogP contribution in [-0.2, 0) is 4.74 Å². The van der Waals surface area contributed by atoms with Gasteiger partial charge < -0.3 is 19.5 Å². The molecule has 26 heavy (non-hydrogen) atoms. The summed E-state index contributed by atoms with van der Waals surface area (Å²) in [5.74, 6) is 1.35.